The van der Waals surface area contributed by atoms with Crippen LogP contribution in [0.3, 0.4) is 0 Å². The summed E-state index contributed by atoms with van der Waals surface area (Å²) in [5.74, 6) is 0.511. The second kappa shape index (κ2) is 11.3. The lowest BCUT2D eigenvalue weighted by molar-refractivity contribution is 0.351. The molecule has 2 heteroatoms. The Bertz CT molecular complexity index is 763. The maximum Gasteiger partial charge on any atom is 0.266 e. The van der Waals surface area contributed by atoms with Gasteiger partial charge in [-0.05, 0) is 78.7 Å². The number of halogens is 2. The van der Waals surface area contributed by atoms with Crippen LogP contribution in [0, 0.1) is 5.92 Å². The van der Waals surface area contributed by atoms with E-state index >= 15 is 0 Å². The standard InChI is InChI=1S/C27H34F2/c1-2-3-4-5-6-9-21-12-16-23(17-13-21)25-10-7-8-11-26(25)24-18-14-22(15-19-24)20-27(28)29/h7-8,10-13,16-17,20,22,24H,2-6,9,14-15,18-19H2,1H3. The Morgan fingerprint density at radius 1 is 0.862 bits per heavy atom. The normalized spacial score (nSPS) is 19.1. The largest absolute Gasteiger partial charge is 0.266 e. The average Bonchev–Trinajstić information content (AvgIpc) is 2.74. The van der Waals surface area contributed by atoms with Crippen LogP contribution in [0.5, 0.6) is 0 Å². The highest BCUT2D eigenvalue weighted by Crippen LogP contribution is 2.40. The Balaban J connectivity index is 1.64. The van der Waals surface area contributed by atoms with Gasteiger partial charge in [-0.1, -0.05) is 81.1 Å². The summed E-state index contributed by atoms with van der Waals surface area (Å²) in [7, 11) is 0. The van der Waals surface area contributed by atoms with Gasteiger partial charge in [0, 0.05) is 0 Å². The highest BCUT2D eigenvalue weighted by Gasteiger charge is 2.23. The van der Waals surface area contributed by atoms with Gasteiger partial charge in [-0.2, -0.15) is 8.78 Å². The zero-order valence-corrected chi connectivity index (χ0v) is 17.7. The summed E-state index contributed by atoms with van der Waals surface area (Å²) < 4.78 is 25.1. The van der Waals surface area contributed by atoms with Gasteiger partial charge in [0.15, 0.2) is 0 Å². The van der Waals surface area contributed by atoms with Crippen LogP contribution in [0.25, 0.3) is 11.1 Å². The van der Waals surface area contributed by atoms with E-state index in [-0.39, 0.29) is 5.92 Å². The molecule has 1 aliphatic rings. The molecule has 0 heterocycles. The Hall–Kier alpha value is -1.96. The predicted molar refractivity (Wildman–Crippen MR) is 119 cm³/mol. The van der Waals surface area contributed by atoms with Crippen LogP contribution in [0.15, 0.2) is 60.7 Å². The highest BCUT2D eigenvalue weighted by molar-refractivity contribution is 5.68. The first kappa shape index (κ1) is 21.7. The first-order valence-electron chi connectivity index (χ1n) is 11.4. The van der Waals surface area contributed by atoms with E-state index < -0.39 is 6.08 Å². The monoisotopic (exact) mass is 396 g/mol. The quantitative estimate of drug-likeness (QED) is 0.371. The van der Waals surface area contributed by atoms with Gasteiger partial charge in [0.2, 0.25) is 0 Å². The van der Waals surface area contributed by atoms with E-state index in [9.17, 15) is 8.78 Å². The number of allylic oxidation sites excluding steroid dienone is 1. The Kier molecular flexibility index (Phi) is 8.46. The van der Waals surface area contributed by atoms with Gasteiger partial charge in [0.25, 0.3) is 6.08 Å². The zero-order chi connectivity index (χ0) is 20.5. The molecule has 156 valence electrons. The van der Waals surface area contributed by atoms with Gasteiger partial charge in [-0.15, -0.1) is 0 Å². The summed E-state index contributed by atoms with van der Waals surface area (Å²) in [6, 6.07) is 17.7. The number of unbranched alkanes of at least 4 members (excludes halogenated alkanes) is 4. The molecule has 0 radical (unpaired) electrons. The summed E-state index contributed by atoms with van der Waals surface area (Å²) in [4.78, 5) is 0. The van der Waals surface area contributed by atoms with E-state index in [1.807, 2.05) is 0 Å². The van der Waals surface area contributed by atoms with E-state index in [4.69, 9.17) is 0 Å². The number of benzene rings is 2. The third-order valence-corrected chi connectivity index (χ3v) is 6.37. The van der Waals surface area contributed by atoms with Crippen LogP contribution in [-0.4, -0.2) is 0 Å². The molecule has 1 saturated carbocycles. The number of hydrogen-bond acceptors (Lipinski definition) is 0. The molecular formula is C27H34F2. The van der Waals surface area contributed by atoms with Gasteiger partial charge in [-0.25, -0.2) is 0 Å². The molecule has 0 saturated heterocycles. The van der Waals surface area contributed by atoms with Crippen LogP contribution in [-0.2, 0) is 6.42 Å². The fraction of sp³-hybridized carbons (Fsp3) is 0.481. The van der Waals surface area contributed by atoms with Crippen molar-refractivity contribution >= 4 is 0 Å². The third-order valence-electron chi connectivity index (χ3n) is 6.37. The number of rotatable bonds is 9. The van der Waals surface area contributed by atoms with Crippen molar-refractivity contribution in [2.75, 3.05) is 0 Å². The smallest absolute Gasteiger partial charge is 0.174 e. The maximum absolute atomic E-state index is 12.6. The minimum atomic E-state index is -1.53. The molecule has 0 amide bonds. The lowest BCUT2D eigenvalue weighted by atomic mass is 9.76. The van der Waals surface area contributed by atoms with E-state index in [1.54, 1.807) is 0 Å². The van der Waals surface area contributed by atoms with Crippen molar-refractivity contribution in [1.82, 2.24) is 0 Å². The van der Waals surface area contributed by atoms with Crippen LogP contribution in [0.4, 0.5) is 8.78 Å². The molecule has 0 nitrogen and oxygen atoms in total. The van der Waals surface area contributed by atoms with Crippen LogP contribution in [0.1, 0.15) is 81.8 Å². The molecule has 0 spiro atoms. The van der Waals surface area contributed by atoms with E-state index in [0.29, 0.717) is 5.92 Å². The minimum absolute atomic E-state index is 0.0417. The molecule has 0 aliphatic heterocycles. The minimum Gasteiger partial charge on any atom is -0.174 e. The molecule has 0 unspecified atom stereocenters. The van der Waals surface area contributed by atoms with Crippen molar-refractivity contribution in [3.8, 4) is 11.1 Å². The molecule has 3 rings (SSSR count). The average molecular weight is 397 g/mol. The second-order valence-electron chi connectivity index (χ2n) is 8.52. The first-order chi connectivity index (χ1) is 14.2. The van der Waals surface area contributed by atoms with Crippen molar-refractivity contribution in [3.05, 3.63) is 71.8 Å². The molecule has 2 aromatic carbocycles. The van der Waals surface area contributed by atoms with Crippen LogP contribution < -0.4 is 0 Å². The van der Waals surface area contributed by atoms with Gasteiger partial charge in [0.1, 0.15) is 0 Å². The third kappa shape index (κ3) is 6.52. The summed E-state index contributed by atoms with van der Waals surface area (Å²) in [5.41, 5.74) is 5.37. The van der Waals surface area contributed by atoms with Gasteiger partial charge in [0.05, 0.1) is 0 Å². The predicted octanol–water partition coefficient (Wildman–Crippen LogP) is 8.92. The van der Waals surface area contributed by atoms with Crippen molar-refractivity contribution < 1.29 is 8.78 Å². The first-order valence-corrected chi connectivity index (χ1v) is 11.4. The van der Waals surface area contributed by atoms with Crippen LogP contribution in [0.2, 0.25) is 0 Å². The fourth-order valence-electron chi connectivity index (χ4n) is 4.67. The SMILES string of the molecule is CCCCCCCc1ccc(-c2ccccc2C2CCC(C=C(F)F)CC2)cc1. The van der Waals surface area contributed by atoms with Crippen molar-refractivity contribution in [1.29, 1.82) is 0 Å². The number of hydrogen-bond donors (Lipinski definition) is 0. The molecule has 1 aliphatic carbocycles. The molecule has 29 heavy (non-hydrogen) atoms. The Morgan fingerprint density at radius 2 is 1.55 bits per heavy atom. The summed E-state index contributed by atoms with van der Waals surface area (Å²) in [6.07, 6.45) is 11.0. The molecule has 0 atom stereocenters. The zero-order valence-electron chi connectivity index (χ0n) is 17.7. The van der Waals surface area contributed by atoms with Gasteiger partial charge >= 0.3 is 0 Å². The molecule has 0 bridgehead atoms. The molecular weight excluding hydrogens is 362 g/mol. The molecule has 1 fully saturated rings. The number of aryl methyl sites for hydroxylation is 1. The fourth-order valence-corrected chi connectivity index (χ4v) is 4.67. The lowest BCUT2D eigenvalue weighted by Gasteiger charge is -2.28. The maximum atomic E-state index is 12.6. The molecule has 2 aromatic rings. The van der Waals surface area contributed by atoms with Crippen molar-refractivity contribution in [2.45, 2.75) is 77.0 Å². The van der Waals surface area contributed by atoms with Gasteiger partial charge in [-0.3, -0.25) is 0 Å². The van der Waals surface area contributed by atoms with Crippen LogP contribution >= 0.6 is 0 Å². The summed E-state index contributed by atoms with van der Waals surface area (Å²) in [5, 5.41) is 0. The Morgan fingerprint density at radius 3 is 2.24 bits per heavy atom. The lowest BCUT2D eigenvalue weighted by Crippen LogP contribution is -2.12. The molecule has 0 aromatic heterocycles. The Labute approximate surface area is 175 Å². The summed E-state index contributed by atoms with van der Waals surface area (Å²) >= 11 is 0. The van der Waals surface area contributed by atoms with Gasteiger partial charge < -0.3 is 0 Å². The topological polar surface area (TPSA) is 0 Å². The molecule has 0 N–H and O–H groups in total. The highest BCUT2D eigenvalue weighted by atomic mass is 19.3. The second-order valence-corrected chi connectivity index (χ2v) is 8.52. The van der Waals surface area contributed by atoms with E-state index in [0.717, 1.165) is 38.2 Å². The van der Waals surface area contributed by atoms with E-state index in [1.165, 1.54) is 54.4 Å². The van der Waals surface area contributed by atoms with Crippen molar-refractivity contribution in [2.24, 2.45) is 5.92 Å². The van der Waals surface area contributed by atoms with E-state index in [2.05, 4.69) is 55.5 Å². The summed E-state index contributed by atoms with van der Waals surface area (Å²) in [6.45, 7) is 2.25. The van der Waals surface area contributed by atoms with Crippen molar-refractivity contribution in [3.63, 3.8) is 0 Å².